The molecule has 0 spiro atoms. The van der Waals surface area contributed by atoms with Gasteiger partial charge in [0.25, 0.3) is 11.7 Å². The van der Waals surface area contributed by atoms with Gasteiger partial charge >= 0.3 is 0 Å². The van der Waals surface area contributed by atoms with E-state index in [1.54, 1.807) is 41.5 Å². The van der Waals surface area contributed by atoms with Crippen LogP contribution < -0.4 is 5.32 Å². The topological polar surface area (TPSA) is 59.8 Å². The first-order valence-corrected chi connectivity index (χ1v) is 7.81. The number of alkyl halides is 2. The van der Waals surface area contributed by atoms with Gasteiger partial charge in [0.05, 0.1) is 11.9 Å². The van der Waals surface area contributed by atoms with Gasteiger partial charge in [0.15, 0.2) is 0 Å². The number of anilines is 1. The third-order valence-corrected chi connectivity index (χ3v) is 3.85. The number of nitrogens with zero attached hydrogens (tertiary/aromatic N) is 3. The van der Waals surface area contributed by atoms with Crippen LogP contribution in [0.2, 0.25) is 0 Å². The Hall–Kier alpha value is -2.74. The van der Waals surface area contributed by atoms with Crippen molar-refractivity contribution < 1.29 is 13.6 Å². The summed E-state index contributed by atoms with van der Waals surface area (Å²) in [6.45, 7) is 0. The third-order valence-electron chi connectivity index (χ3n) is 3.12. The van der Waals surface area contributed by atoms with Crippen LogP contribution in [0.15, 0.2) is 66.3 Å². The second-order valence-electron chi connectivity index (χ2n) is 4.71. The van der Waals surface area contributed by atoms with Crippen LogP contribution in [0.3, 0.4) is 0 Å². The molecule has 1 amide bonds. The van der Waals surface area contributed by atoms with E-state index in [2.05, 4.69) is 15.3 Å². The molecule has 0 radical (unpaired) electrons. The molecule has 0 saturated carbocycles. The van der Waals surface area contributed by atoms with Crippen LogP contribution in [0, 0.1) is 0 Å². The van der Waals surface area contributed by atoms with Crippen LogP contribution in [0.25, 0.3) is 5.69 Å². The number of thioether (sulfide) groups is 1. The van der Waals surface area contributed by atoms with Gasteiger partial charge in [0.2, 0.25) is 0 Å². The fraction of sp³-hybridized carbons (Fsp3) is 0.0625. The van der Waals surface area contributed by atoms with Gasteiger partial charge in [-0.3, -0.25) is 4.79 Å². The molecule has 2 heterocycles. The van der Waals surface area contributed by atoms with Gasteiger partial charge in [0.1, 0.15) is 5.03 Å². The zero-order valence-electron chi connectivity index (χ0n) is 12.3. The molecule has 8 heteroatoms. The summed E-state index contributed by atoms with van der Waals surface area (Å²) in [6, 6.07) is 10.1. The van der Waals surface area contributed by atoms with Crippen LogP contribution in [-0.4, -0.2) is 26.2 Å². The number of carbonyl (C=O) groups is 1. The summed E-state index contributed by atoms with van der Waals surface area (Å²) in [7, 11) is 0. The Morgan fingerprint density at radius 3 is 2.83 bits per heavy atom. The molecular formula is C16H12F2N4OS. The van der Waals surface area contributed by atoms with Gasteiger partial charge in [-0.2, -0.15) is 8.78 Å². The standard InChI is InChI=1S/C16H12F2N4OS/c17-16(18)24-15-13(5-2-6-20-15)14(23)21-11-3-1-4-12(9-11)22-8-7-19-10-22/h1-10,16H,(H,21,23). The van der Waals surface area contributed by atoms with Crippen molar-refractivity contribution in [3.8, 4) is 5.69 Å². The SMILES string of the molecule is O=C(Nc1cccc(-n2ccnc2)c1)c1cccnc1SC(F)F. The number of halogens is 2. The molecule has 0 saturated heterocycles. The van der Waals surface area contributed by atoms with Crippen molar-refractivity contribution in [2.45, 2.75) is 10.8 Å². The predicted molar refractivity (Wildman–Crippen MR) is 87.6 cm³/mol. The lowest BCUT2D eigenvalue weighted by atomic mass is 10.2. The van der Waals surface area contributed by atoms with Gasteiger partial charge in [-0.25, -0.2) is 9.97 Å². The quantitative estimate of drug-likeness (QED) is 0.713. The molecule has 122 valence electrons. The number of hydrogen-bond acceptors (Lipinski definition) is 4. The van der Waals surface area contributed by atoms with E-state index >= 15 is 0 Å². The molecule has 0 aliphatic rings. The number of hydrogen-bond donors (Lipinski definition) is 1. The maximum atomic E-state index is 12.6. The lowest BCUT2D eigenvalue weighted by Crippen LogP contribution is -2.14. The molecule has 0 bridgehead atoms. The zero-order valence-corrected chi connectivity index (χ0v) is 13.1. The van der Waals surface area contributed by atoms with E-state index in [0.29, 0.717) is 5.69 Å². The summed E-state index contributed by atoms with van der Waals surface area (Å²) < 4.78 is 27.0. The summed E-state index contributed by atoms with van der Waals surface area (Å²) in [5.74, 6) is -3.13. The van der Waals surface area contributed by atoms with Crippen LogP contribution in [-0.2, 0) is 0 Å². The van der Waals surface area contributed by atoms with E-state index in [-0.39, 0.29) is 22.4 Å². The lowest BCUT2D eigenvalue weighted by Gasteiger charge is -2.10. The highest BCUT2D eigenvalue weighted by Crippen LogP contribution is 2.27. The fourth-order valence-electron chi connectivity index (χ4n) is 2.10. The number of imidazole rings is 1. The van der Waals surface area contributed by atoms with Crippen LogP contribution in [0.1, 0.15) is 10.4 Å². The molecule has 3 aromatic rings. The van der Waals surface area contributed by atoms with Crippen LogP contribution in [0.5, 0.6) is 0 Å². The van der Waals surface area contributed by atoms with Gasteiger partial charge in [0, 0.05) is 30.0 Å². The van der Waals surface area contributed by atoms with E-state index < -0.39 is 11.7 Å². The molecule has 0 fully saturated rings. The molecule has 0 aliphatic carbocycles. The van der Waals surface area contributed by atoms with Crippen molar-refractivity contribution >= 4 is 23.4 Å². The van der Waals surface area contributed by atoms with Gasteiger partial charge in [-0.1, -0.05) is 6.07 Å². The second-order valence-corrected chi connectivity index (χ2v) is 5.69. The number of benzene rings is 1. The Balaban J connectivity index is 1.82. The Morgan fingerprint density at radius 1 is 1.21 bits per heavy atom. The number of nitrogens with one attached hydrogen (secondary N) is 1. The summed E-state index contributed by atoms with van der Waals surface area (Å²) in [5, 5.41) is 2.70. The normalized spacial score (nSPS) is 10.8. The fourth-order valence-corrected chi connectivity index (χ4v) is 2.67. The maximum absolute atomic E-state index is 12.6. The minimum atomic E-state index is -2.64. The van der Waals surface area contributed by atoms with E-state index in [0.717, 1.165) is 5.69 Å². The van der Waals surface area contributed by atoms with Crippen molar-refractivity contribution in [2.75, 3.05) is 5.32 Å². The van der Waals surface area contributed by atoms with Crippen molar-refractivity contribution in [1.29, 1.82) is 0 Å². The van der Waals surface area contributed by atoms with Crippen molar-refractivity contribution in [2.24, 2.45) is 0 Å². The Bertz CT molecular complexity index is 840. The molecule has 1 aromatic carbocycles. The Kier molecular flexibility index (Phi) is 4.85. The summed E-state index contributed by atoms with van der Waals surface area (Å²) in [5.41, 5.74) is 1.47. The average Bonchev–Trinajstić information content (AvgIpc) is 3.09. The molecule has 0 atom stereocenters. The van der Waals surface area contributed by atoms with Crippen LogP contribution in [0.4, 0.5) is 14.5 Å². The molecule has 2 aromatic heterocycles. The minimum Gasteiger partial charge on any atom is -0.322 e. The first kappa shape index (κ1) is 16.1. The maximum Gasteiger partial charge on any atom is 0.290 e. The largest absolute Gasteiger partial charge is 0.322 e. The highest BCUT2D eigenvalue weighted by molar-refractivity contribution is 7.99. The first-order chi connectivity index (χ1) is 11.6. The Morgan fingerprint density at radius 2 is 2.08 bits per heavy atom. The van der Waals surface area contributed by atoms with E-state index in [4.69, 9.17) is 0 Å². The van der Waals surface area contributed by atoms with E-state index in [9.17, 15) is 13.6 Å². The zero-order chi connectivity index (χ0) is 16.9. The highest BCUT2D eigenvalue weighted by Gasteiger charge is 2.16. The van der Waals surface area contributed by atoms with Crippen molar-refractivity contribution in [3.05, 3.63) is 66.9 Å². The molecular weight excluding hydrogens is 334 g/mol. The average molecular weight is 346 g/mol. The third kappa shape index (κ3) is 3.77. The number of amides is 1. The number of carbonyl (C=O) groups excluding carboxylic acids is 1. The molecule has 5 nitrogen and oxygen atoms in total. The van der Waals surface area contributed by atoms with E-state index in [1.807, 2.05) is 6.07 Å². The molecule has 24 heavy (non-hydrogen) atoms. The summed E-state index contributed by atoms with van der Waals surface area (Å²) in [4.78, 5) is 20.2. The Labute approximate surface area is 140 Å². The smallest absolute Gasteiger partial charge is 0.290 e. The van der Waals surface area contributed by atoms with E-state index in [1.165, 1.54) is 18.3 Å². The number of aromatic nitrogens is 3. The number of rotatable bonds is 5. The van der Waals surface area contributed by atoms with Crippen molar-refractivity contribution in [3.63, 3.8) is 0 Å². The lowest BCUT2D eigenvalue weighted by molar-refractivity contribution is 0.102. The van der Waals surface area contributed by atoms with Crippen LogP contribution >= 0.6 is 11.8 Å². The van der Waals surface area contributed by atoms with Gasteiger partial charge in [-0.15, -0.1) is 0 Å². The predicted octanol–water partition coefficient (Wildman–Crippen LogP) is 3.83. The molecule has 3 rings (SSSR count). The first-order valence-electron chi connectivity index (χ1n) is 6.93. The number of pyridine rings is 1. The molecule has 1 N–H and O–H groups in total. The molecule has 0 unspecified atom stereocenters. The highest BCUT2D eigenvalue weighted by atomic mass is 32.2. The van der Waals surface area contributed by atoms with Crippen molar-refractivity contribution in [1.82, 2.24) is 14.5 Å². The summed E-state index contributed by atoms with van der Waals surface area (Å²) >= 11 is 0.247. The second kappa shape index (κ2) is 7.22. The van der Waals surface area contributed by atoms with Gasteiger partial charge in [-0.05, 0) is 42.1 Å². The summed E-state index contributed by atoms with van der Waals surface area (Å²) in [6.07, 6.45) is 6.44. The monoisotopic (exact) mass is 346 g/mol. The minimum absolute atomic E-state index is 0.00392. The van der Waals surface area contributed by atoms with Gasteiger partial charge < -0.3 is 9.88 Å². The molecule has 0 aliphatic heterocycles.